The third-order valence-electron chi connectivity index (χ3n) is 10.9. The van der Waals surface area contributed by atoms with E-state index in [0.717, 1.165) is 32.1 Å². The van der Waals surface area contributed by atoms with Crippen LogP contribution in [0.25, 0.3) is 0 Å². The molecule has 2 saturated heterocycles. The number of cyclic esters (lactones) is 1. The highest BCUT2D eigenvalue weighted by Gasteiger charge is 2.75. The summed E-state index contributed by atoms with van der Waals surface area (Å²) in [7, 11) is 1.52. The second-order valence-corrected chi connectivity index (χ2v) is 15.2. The molecule has 49 heavy (non-hydrogen) atoms. The molecule has 1 aliphatic carbocycles. The van der Waals surface area contributed by atoms with Gasteiger partial charge in [0.05, 0.1) is 31.2 Å². The quantitative estimate of drug-likeness (QED) is 0.319. The van der Waals surface area contributed by atoms with E-state index in [0.29, 0.717) is 23.0 Å². The van der Waals surface area contributed by atoms with Gasteiger partial charge in [0.1, 0.15) is 29.8 Å². The molecule has 0 radical (unpaired) electrons. The Morgan fingerprint density at radius 3 is 2.45 bits per heavy atom. The van der Waals surface area contributed by atoms with Crippen LogP contribution in [0.15, 0.2) is 53.0 Å². The van der Waals surface area contributed by atoms with Gasteiger partial charge in [-0.25, -0.2) is 0 Å². The summed E-state index contributed by atoms with van der Waals surface area (Å²) in [5.41, 5.74) is -0.795. The first kappa shape index (κ1) is 35.8. The number of carbonyl (C=O) groups excluding carboxylic acids is 4. The van der Waals surface area contributed by atoms with Crippen LogP contribution < -0.4 is 5.32 Å². The van der Waals surface area contributed by atoms with Crippen LogP contribution in [-0.2, 0) is 33.4 Å². The Kier molecular flexibility index (Phi) is 11.0. The molecule has 0 aromatic heterocycles. The molecule has 1 saturated carbocycles. The zero-order chi connectivity index (χ0) is 34.9. The summed E-state index contributed by atoms with van der Waals surface area (Å²) < 4.78 is 19.1. The van der Waals surface area contributed by atoms with E-state index in [-0.39, 0.29) is 43.4 Å². The third kappa shape index (κ3) is 6.61. The molecule has 4 aliphatic heterocycles. The molecule has 8 atom stereocenters. The Hall–Kier alpha value is -3.06. The fourth-order valence-electron chi connectivity index (χ4n) is 8.56. The maximum atomic E-state index is 15.1. The SMILES string of the molecule is COC[C@H]1NC(=O)CC/C=C\CN(C2CCCCC2)C(=O)[C@@H]2N([C@@H](CO)C(C)C)C(=O)[C@H]3[C@H](C(=O)O[C@@H]1c1ccccc1)[C@H]1O[C@@]23C=C1Br. The van der Waals surface area contributed by atoms with Crippen LogP contribution in [0.5, 0.6) is 0 Å². The first-order valence-corrected chi connectivity index (χ1v) is 18.4. The minimum absolute atomic E-state index is 0.0384. The van der Waals surface area contributed by atoms with Gasteiger partial charge in [-0.1, -0.05) is 91.5 Å². The summed E-state index contributed by atoms with van der Waals surface area (Å²) in [5.74, 6) is -3.90. The summed E-state index contributed by atoms with van der Waals surface area (Å²) in [4.78, 5) is 61.1. The lowest BCUT2D eigenvalue weighted by atomic mass is 9.74. The molecule has 2 N–H and O–H groups in total. The number of carbonyl (C=O) groups is 4. The van der Waals surface area contributed by atoms with Crippen LogP contribution in [0.1, 0.15) is 70.5 Å². The summed E-state index contributed by atoms with van der Waals surface area (Å²) in [5, 5.41) is 13.7. The molecule has 1 spiro atoms. The van der Waals surface area contributed by atoms with Crippen molar-refractivity contribution in [2.45, 2.75) is 101 Å². The van der Waals surface area contributed by atoms with E-state index in [1.165, 1.54) is 12.0 Å². The Balaban J connectivity index is 1.48. The van der Waals surface area contributed by atoms with E-state index in [4.69, 9.17) is 14.2 Å². The van der Waals surface area contributed by atoms with Gasteiger partial charge in [-0.05, 0) is 36.8 Å². The van der Waals surface area contributed by atoms with Crippen molar-refractivity contribution in [3.63, 3.8) is 0 Å². The van der Waals surface area contributed by atoms with Crippen molar-refractivity contribution in [2.75, 3.05) is 26.9 Å². The second kappa shape index (κ2) is 15.0. The lowest BCUT2D eigenvalue weighted by Crippen LogP contribution is -2.61. The van der Waals surface area contributed by atoms with Crippen LogP contribution in [0.2, 0.25) is 0 Å². The molecule has 6 rings (SSSR count). The van der Waals surface area contributed by atoms with Crippen LogP contribution in [0.3, 0.4) is 0 Å². The fraction of sp³-hybridized carbons (Fsp3) is 0.622. The van der Waals surface area contributed by atoms with Crippen molar-refractivity contribution in [1.82, 2.24) is 15.1 Å². The van der Waals surface area contributed by atoms with Gasteiger partial charge in [0.2, 0.25) is 17.7 Å². The number of nitrogens with zero attached hydrogens (tertiary/aromatic N) is 2. The van der Waals surface area contributed by atoms with Crippen LogP contribution in [0, 0.1) is 17.8 Å². The highest BCUT2D eigenvalue weighted by molar-refractivity contribution is 9.11. The summed E-state index contributed by atoms with van der Waals surface area (Å²) in [6.45, 7) is 3.84. The zero-order valence-electron chi connectivity index (χ0n) is 28.5. The van der Waals surface area contributed by atoms with Crippen molar-refractivity contribution in [1.29, 1.82) is 0 Å². The number of nitrogens with one attached hydrogen (secondary N) is 1. The molecule has 3 amide bonds. The van der Waals surface area contributed by atoms with Gasteiger partial charge < -0.3 is 34.4 Å². The molecule has 3 fully saturated rings. The number of fused-ring (bicyclic) bond motifs is 2. The molecule has 5 aliphatic rings. The number of halogens is 1. The lowest BCUT2D eigenvalue weighted by Gasteiger charge is -2.42. The third-order valence-corrected chi connectivity index (χ3v) is 11.6. The summed E-state index contributed by atoms with van der Waals surface area (Å²) >= 11 is 3.63. The van der Waals surface area contributed by atoms with E-state index in [1.807, 2.05) is 61.2 Å². The molecule has 4 heterocycles. The number of hydrogen-bond acceptors (Lipinski definition) is 8. The van der Waals surface area contributed by atoms with E-state index < -0.39 is 59.6 Å². The van der Waals surface area contributed by atoms with Crippen LogP contribution in [-0.4, -0.2) is 101 Å². The van der Waals surface area contributed by atoms with Gasteiger partial charge in [0, 0.05) is 30.6 Å². The normalized spacial score (nSPS) is 34.1. The first-order valence-electron chi connectivity index (χ1n) is 17.6. The average Bonchev–Trinajstić information content (AvgIpc) is 3.68. The number of benzene rings is 1. The Morgan fingerprint density at radius 1 is 1.04 bits per heavy atom. The topological polar surface area (TPSA) is 135 Å². The minimum Gasteiger partial charge on any atom is -0.455 e. The zero-order valence-corrected chi connectivity index (χ0v) is 30.0. The molecule has 1 aromatic rings. The number of aliphatic hydroxyl groups is 1. The fourth-order valence-corrected chi connectivity index (χ4v) is 9.30. The van der Waals surface area contributed by atoms with Gasteiger partial charge in [-0.3, -0.25) is 19.2 Å². The highest BCUT2D eigenvalue weighted by Crippen LogP contribution is 2.59. The monoisotopic (exact) mass is 741 g/mol. The van der Waals surface area contributed by atoms with Gasteiger partial charge in [-0.2, -0.15) is 0 Å². The summed E-state index contributed by atoms with van der Waals surface area (Å²) in [6.07, 6.45) is 9.25. The molecule has 0 unspecified atom stereocenters. The Labute approximate surface area is 296 Å². The average molecular weight is 743 g/mol. The van der Waals surface area contributed by atoms with Gasteiger partial charge in [0.15, 0.2) is 0 Å². The molecule has 266 valence electrons. The number of allylic oxidation sites excluding steroid dienone is 1. The smallest absolute Gasteiger partial charge is 0.313 e. The van der Waals surface area contributed by atoms with E-state index in [2.05, 4.69) is 21.2 Å². The largest absolute Gasteiger partial charge is 0.455 e. The van der Waals surface area contributed by atoms with Crippen molar-refractivity contribution in [3.8, 4) is 0 Å². The predicted molar refractivity (Wildman–Crippen MR) is 184 cm³/mol. The number of ether oxygens (including phenoxy) is 3. The number of hydrogen-bond donors (Lipinski definition) is 2. The molecule has 11 nitrogen and oxygen atoms in total. The highest BCUT2D eigenvalue weighted by atomic mass is 79.9. The van der Waals surface area contributed by atoms with Crippen molar-refractivity contribution in [2.24, 2.45) is 17.8 Å². The van der Waals surface area contributed by atoms with Crippen LogP contribution in [0.4, 0.5) is 0 Å². The molecular formula is C37H48BrN3O8. The molecular weight excluding hydrogens is 694 g/mol. The number of rotatable bonds is 7. The number of esters is 1. The van der Waals surface area contributed by atoms with Crippen LogP contribution >= 0.6 is 15.9 Å². The number of likely N-dealkylation sites (tertiary alicyclic amines) is 1. The van der Waals surface area contributed by atoms with Crippen molar-refractivity contribution >= 4 is 39.6 Å². The van der Waals surface area contributed by atoms with Crippen molar-refractivity contribution < 1.29 is 38.5 Å². The molecule has 1 aromatic carbocycles. The number of amides is 3. The molecule has 5 bridgehead atoms. The maximum absolute atomic E-state index is 15.1. The van der Waals surface area contributed by atoms with Crippen molar-refractivity contribution in [3.05, 3.63) is 58.6 Å². The number of aliphatic hydroxyl groups excluding tert-OH is 1. The van der Waals surface area contributed by atoms with E-state index >= 15 is 4.79 Å². The minimum atomic E-state index is -1.45. The van der Waals surface area contributed by atoms with Gasteiger partial charge in [0.25, 0.3) is 0 Å². The standard InChI is InChI=1S/C37H48BrN3O8/c1-22(2)27(20-42)41-33-35(45)40(24-15-9-5-10-16-24)18-12-6-11-17-28(43)39-26(21-47-3)31(23-13-7-4-8-14-23)48-36(46)29-30(34(41)44)37(33)19-25(38)32(29)49-37/h4,6-8,12-14,19,22,24,26-27,29-33,42H,5,9-11,15-18,20-21H2,1-3H3,(H,39,43)/b12-6-/t26-,27+,29+,30-,31-,32+,33+,37-/m1/s1. The maximum Gasteiger partial charge on any atom is 0.313 e. The first-order chi connectivity index (χ1) is 23.6. The molecule has 12 heteroatoms. The van der Waals surface area contributed by atoms with E-state index in [1.54, 1.807) is 6.08 Å². The second-order valence-electron chi connectivity index (χ2n) is 14.3. The lowest BCUT2D eigenvalue weighted by molar-refractivity contribution is -0.163. The van der Waals surface area contributed by atoms with Gasteiger partial charge in [-0.15, -0.1) is 0 Å². The van der Waals surface area contributed by atoms with Gasteiger partial charge >= 0.3 is 5.97 Å². The van der Waals surface area contributed by atoms with E-state index in [9.17, 15) is 19.5 Å². The summed E-state index contributed by atoms with van der Waals surface area (Å²) in [6, 6.07) is 6.60. The predicted octanol–water partition coefficient (Wildman–Crippen LogP) is 3.80. The Morgan fingerprint density at radius 2 is 1.78 bits per heavy atom. The number of methoxy groups -OCH3 is 1. The Bertz CT molecular complexity index is 1460.